The maximum atomic E-state index is 12.6. The maximum absolute atomic E-state index is 12.6. The van der Waals surface area contributed by atoms with Crippen LogP contribution in [-0.2, 0) is 0 Å². The lowest BCUT2D eigenvalue weighted by atomic mass is 9.95. The number of nitrogens with zero attached hydrogens (tertiary/aromatic N) is 3. The number of carbonyl (C=O) groups excluding carboxylic acids is 1. The third-order valence-electron chi connectivity index (χ3n) is 6.75. The van der Waals surface area contributed by atoms with Crippen molar-refractivity contribution in [3.8, 4) is 11.5 Å². The molecule has 3 N–H and O–H groups in total. The van der Waals surface area contributed by atoms with Crippen molar-refractivity contribution < 1.29 is 9.53 Å². The average molecular weight is 453 g/mol. The molecule has 5 rings (SSSR count). The highest BCUT2D eigenvalue weighted by molar-refractivity contribution is 5.96. The minimum atomic E-state index is -0.265. The van der Waals surface area contributed by atoms with Gasteiger partial charge in [0.05, 0.1) is 11.9 Å². The lowest BCUT2D eigenvalue weighted by Crippen LogP contribution is -2.44. The minimum absolute atomic E-state index is 0.119. The summed E-state index contributed by atoms with van der Waals surface area (Å²) in [6, 6.07) is 5.49. The highest BCUT2D eigenvalue weighted by Gasteiger charge is 2.24. The first-order valence-corrected chi connectivity index (χ1v) is 12.1. The zero-order valence-corrected chi connectivity index (χ0v) is 18.9. The van der Waals surface area contributed by atoms with Gasteiger partial charge in [0, 0.05) is 44.3 Å². The van der Waals surface area contributed by atoms with Crippen molar-refractivity contribution in [1.29, 1.82) is 0 Å². The molecule has 1 amide bonds. The third-order valence-corrected chi connectivity index (χ3v) is 6.75. The van der Waals surface area contributed by atoms with Crippen molar-refractivity contribution in [2.24, 2.45) is 0 Å². The largest absolute Gasteiger partial charge is 0.450 e. The summed E-state index contributed by atoms with van der Waals surface area (Å²) in [4.78, 5) is 31.9. The van der Waals surface area contributed by atoms with E-state index < -0.39 is 0 Å². The number of carbonyl (C=O) groups is 1. The Labute approximate surface area is 193 Å². The van der Waals surface area contributed by atoms with Crippen molar-refractivity contribution >= 4 is 17.4 Å². The van der Waals surface area contributed by atoms with Crippen LogP contribution in [0, 0.1) is 0 Å². The molecule has 9 heteroatoms. The molecule has 0 bridgehead atoms. The molecule has 9 nitrogen and oxygen atoms in total. The third kappa shape index (κ3) is 5.04. The second-order valence-corrected chi connectivity index (χ2v) is 9.07. The van der Waals surface area contributed by atoms with Crippen molar-refractivity contribution in [3.05, 3.63) is 40.4 Å². The van der Waals surface area contributed by atoms with Gasteiger partial charge >= 0.3 is 5.69 Å². The monoisotopic (exact) mass is 452 g/mol. The number of benzene rings is 1. The Hall–Kier alpha value is -2.91. The van der Waals surface area contributed by atoms with Crippen LogP contribution in [0.4, 0.5) is 11.5 Å². The number of piperazine rings is 1. The van der Waals surface area contributed by atoms with Gasteiger partial charge in [-0.05, 0) is 44.0 Å². The molecule has 33 heavy (non-hydrogen) atoms. The van der Waals surface area contributed by atoms with E-state index in [2.05, 4.69) is 25.8 Å². The van der Waals surface area contributed by atoms with E-state index in [4.69, 9.17) is 4.74 Å². The standard InChI is InChI=1S/C24H32N6O3/c31-23(26-9-4-12-29-13-10-25-11-14-29)17-7-8-20-19(15-17)27-22-21(33-20)16-30(24(32)28-22)18-5-2-1-3-6-18/h7-8,15-16,18,25H,1-6,9-14H2,(H,26,31)(H,27,28,32). The molecule has 2 aliphatic heterocycles. The summed E-state index contributed by atoms with van der Waals surface area (Å²) in [5.74, 6) is 1.44. The van der Waals surface area contributed by atoms with Crippen molar-refractivity contribution in [3.63, 3.8) is 0 Å². The molecule has 2 aromatic rings. The first-order chi connectivity index (χ1) is 16.2. The maximum Gasteiger partial charge on any atom is 0.350 e. The summed E-state index contributed by atoms with van der Waals surface area (Å²) in [5, 5.41) is 9.52. The van der Waals surface area contributed by atoms with Gasteiger partial charge in [-0.1, -0.05) is 19.3 Å². The number of rotatable bonds is 6. The molecule has 3 heterocycles. The Morgan fingerprint density at radius 1 is 1.15 bits per heavy atom. The van der Waals surface area contributed by atoms with E-state index in [9.17, 15) is 9.59 Å². The first-order valence-electron chi connectivity index (χ1n) is 12.1. The van der Waals surface area contributed by atoms with Gasteiger partial charge < -0.3 is 25.6 Å². The highest BCUT2D eigenvalue weighted by Crippen LogP contribution is 2.41. The number of aromatic nitrogens is 2. The molecule has 176 valence electrons. The normalized spacial score (nSPS) is 18.5. The molecule has 1 aromatic heterocycles. The van der Waals surface area contributed by atoms with Gasteiger partial charge in [-0.2, -0.15) is 4.98 Å². The summed E-state index contributed by atoms with van der Waals surface area (Å²) in [7, 11) is 0. The van der Waals surface area contributed by atoms with Gasteiger partial charge in [-0.3, -0.25) is 9.36 Å². The van der Waals surface area contributed by atoms with Gasteiger partial charge in [0.25, 0.3) is 5.91 Å². The predicted molar refractivity (Wildman–Crippen MR) is 127 cm³/mol. The van der Waals surface area contributed by atoms with Crippen LogP contribution in [0.15, 0.2) is 29.2 Å². The fraction of sp³-hybridized carbons (Fsp3) is 0.542. The Morgan fingerprint density at radius 3 is 2.79 bits per heavy atom. The number of nitrogens with one attached hydrogen (secondary N) is 3. The van der Waals surface area contributed by atoms with E-state index in [0.29, 0.717) is 35.1 Å². The molecule has 1 saturated heterocycles. The number of hydrogen-bond donors (Lipinski definition) is 3. The van der Waals surface area contributed by atoms with Gasteiger partial charge in [0.1, 0.15) is 0 Å². The molecule has 1 aliphatic carbocycles. The summed E-state index contributed by atoms with van der Waals surface area (Å²) in [5.41, 5.74) is 0.919. The zero-order chi connectivity index (χ0) is 22.6. The van der Waals surface area contributed by atoms with Gasteiger partial charge in [0.2, 0.25) is 0 Å². The van der Waals surface area contributed by atoms with E-state index in [1.54, 1.807) is 29.0 Å². The Kier molecular flexibility index (Phi) is 6.59. The second-order valence-electron chi connectivity index (χ2n) is 9.07. The van der Waals surface area contributed by atoms with Crippen LogP contribution < -0.4 is 26.4 Å². The fourth-order valence-electron chi connectivity index (χ4n) is 4.88. The van der Waals surface area contributed by atoms with Crippen molar-refractivity contribution in [2.45, 2.75) is 44.6 Å². The van der Waals surface area contributed by atoms with E-state index in [1.807, 2.05) is 0 Å². The Bertz CT molecular complexity index is 1060. The SMILES string of the molecule is O=C(NCCCN1CCNCC1)c1ccc2c(c1)Nc1nc(=O)n(C3CCCCC3)cc1O2. The zero-order valence-electron chi connectivity index (χ0n) is 18.9. The van der Waals surface area contributed by atoms with Gasteiger partial charge in [-0.25, -0.2) is 4.79 Å². The van der Waals surface area contributed by atoms with Crippen LogP contribution in [0.5, 0.6) is 11.5 Å². The number of fused-ring (bicyclic) bond motifs is 2. The molecule has 1 aromatic carbocycles. The van der Waals surface area contributed by atoms with Crippen LogP contribution in [0.25, 0.3) is 0 Å². The van der Waals surface area contributed by atoms with E-state index in [-0.39, 0.29) is 17.6 Å². The number of ether oxygens (including phenoxy) is 1. The number of hydrogen-bond acceptors (Lipinski definition) is 7. The molecule has 3 aliphatic rings. The molecule has 1 saturated carbocycles. The number of anilines is 2. The van der Waals surface area contributed by atoms with Crippen LogP contribution in [-0.4, -0.2) is 59.6 Å². The summed E-state index contributed by atoms with van der Waals surface area (Å²) >= 11 is 0. The molecule has 0 atom stereocenters. The van der Waals surface area contributed by atoms with Crippen molar-refractivity contribution in [1.82, 2.24) is 25.1 Å². The van der Waals surface area contributed by atoms with Gasteiger partial charge in [-0.15, -0.1) is 0 Å². The summed E-state index contributed by atoms with van der Waals surface area (Å²) < 4.78 is 7.75. The van der Waals surface area contributed by atoms with Gasteiger partial charge in [0.15, 0.2) is 17.3 Å². The molecular weight excluding hydrogens is 420 g/mol. The Balaban J connectivity index is 1.21. The first kappa shape index (κ1) is 21.9. The second kappa shape index (κ2) is 9.93. The molecule has 2 fully saturated rings. The van der Waals surface area contributed by atoms with Crippen LogP contribution >= 0.6 is 0 Å². The van der Waals surface area contributed by atoms with E-state index in [1.165, 1.54) is 6.42 Å². The molecule has 0 unspecified atom stereocenters. The highest BCUT2D eigenvalue weighted by atomic mass is 16.5. The fourth-order valence-corrected chi connectivity index (χ4v) is 4.88. The number of amides is 1. The van der Waals surface area contributed by atoms with Crippen LogP contribution in [0.3, 0.4) is 0 Å². The predicted octanol–water partition coefficient (Wildman–Crippen LogP) is 2.62. The smallest absolute Gasteiger partial charge is 0.350 e. The summed E-state index contributed by atoms with van der Waals surface area (Å²) in [6.45, 7) is 5.81. The summed E-state index contributed by atoms with van der Waals surface area (Å²) in [6.07, 6.45) is 8.18. The average Bonchev–Trinajstić information content (AvgIpc) is 2.86. The molecular formula is C24H32N6O3. The van der Waals surface area contributed by atoms with Crippen molar-refractivity contribution in [2.75, 3.05) is 44.6 Å². The van der Waals surface area contributed by atoms with E-state index >= 15 is 0 Å². The molecule has 0 spiro atoms. The topological polar surface area (TPSA) is 101 Å². The minimum Gasteiger partial charge on any atom is -0.450 e. The lowest BCUT2D eigenvalue weighted by molar-refractivity contribution is 0.0951. The molecule has 0 radical (unpaired) electrons. The Morgan fingerprint density at radius 2 is 1.97 bits per heavy atom. The van der Waals surface area contributed by atoms with Crippen LogP contribution in [0.2, 0.25) is 0 Å². The lowest BCUT2D eigenvalue weighted by Gasteiger charge is -2.27. The quantitative estimate of drug-likeness (QED) is 0.494. The van der Waals surface area contributed by atoms with Crippen LogP contribution in [0.1, 0.15) is 54.9 Å². The van der Waals surface area contributed by atoms with E-state index in [0.717, 1.165) is 64.8 Å².